The molecular formula is C18H23N3O4S2. The highest BCUT2D eigenvalue weighted by Crippen LogP contribution is 2.33. The largest absolute Gasteiger partial charge is 0.444 e. The van der Waals surface area contributed by atoms with Crippen LogP contribution >= 0.6 is 23.1 Å². The van der Waals surface area contributed by atoms with Crippen LogP contribution in [0.25, 0.3) is 10.2 Å². The predicted molar refractivity (Wildman–Crippen MR) is 108 cm³/mol. The number of nitro benzene ring substituents is 1. The summed E-state index contributed by atoms with van der Waals surface area (Å²) < 4.78 is 7.33. The van der Waals surface area contributed by atoms with E-state index in [0.717, 1.165) is 34.1 Å². The van der Waals surface area contributed by atoms with Crippen LogP contribution in [0.2, 0.25) is 0 Å². The third-order valence-electron chi connectivity index (χ3n) is 4.22. The van der Waals surface area contributed by atoms with Gasteiger partial charge < -0.3 is 9.64 Å². The van der Waals surface area contributed by atoms with Gasteiger partial charge in [0.05, 0.1) is 15.1 Å². The summed E-state index contributed by atoms with van der Waals surface area (Å²) in [5.74, 6) is 0.737. The number of ether oxygens (including phenoxy) is 1. The highest BCUT2D eigenvalue weighted by molar-refractivity contribution is 8.01. The fourth-order valence-corrected chi connectivity index (χ4v) is 5.20. The van der Waals surface area contributed by atoms with Crippen LogP contribution in [0, 0.1) is 10.1 Å². The molecule has 1 saturated heterocycles. The van der Waals surface area contributed by atoms with Gasteiger partial charge in [-0.25, -0.2) is 9.78 Å². The van der Waals surface area contributed by atoms with E-state index in [-0.39, 0.29) is 17.8 Å². The van der Waals surface area contributed by atoms with E-state index >= 15 is 0 Å². The number of nitrogens with zero attached hydrogens (tertiary/aromatic N) is 3. The number of hydrogen-bond donors (Lipinski definition) is 0. The van der Waals surface area contributed by atoms with Gasteiger partial charge in [0.15, 0.2) is 4.34 Å². The van der Waals surface area contributed by atoms with Crippen molar-refractivity contribution < 1.29 is 14.5 Å². The third kappa shape index (κ3) is 5.10. The van der Waals surface area contributed by atoms with Crippen molar-refractivity contribution >= 4 is 45.1 Å². The topological polar surface area (TPSA) is 85.6 Å². The molecule has 0 spiro atoms. The maximum absolute atomic E-state index is 12.5. The number of benzene rings is 1. The molecule has 0 bridgehead atoms. The number of nitro groups is 1. The van der Waals surface area contributed by atoms with Crippen molar-refractivity contribution in [1.29, 1.82) is 0 Å². The molecule has 1 fully saturated rings. The van der Waals surface area contributed by atoms with E-state index in [2.05, 4.69) is 4.98 Å². The Labute approximate surface area is 166 Å². The molecule has 0 saturated carbocycles. The van der Waals surface area contributed by atoms with Crippen LogP contribution in [0.15, 0.2) is 22.5 Å². The number of aromatic nitrogens is 1. The van der Waals surface area contributed by atoms with Crippen molar-refractivity contribution in [2.24, 2.45) is 0 Å². The molecule has 0 N–H and O–H groups in total. The van der Waals surface area contributed by atoms with Crippen LogP contribution < -0.4 is 0 Å². The number of piperidine rings is 1. The highest BCUT2D eigenvalue weighted by atomic mass is 32.2. The minimum Gasteiger partial charge on any atom is -0.444 e. The van der Waals surface area contributed by atoms with Gasteiger partial charge in [-0.1, -0.05) is 11.8 Å². The molecule has 27 heavy (non-hydrogen) atoms. The number of rotatable bonds is 4. The molecule has 2 aromatic rings. The van der Waals surface area contributed by atoms with Gasteiger partial charge in [-0.05, 0) is 46.1 Å². The average molecular weight is 410 g/mol. The van der Waals surface area contributed by atoms with Gasteiger partial charge >= 0.3 is 6.09 Å². The SMILES string of the molecule is CC(C)(C)OC(=O)N1CCCC[C@H]1CSc1nc2cc([N+](=O)[O-])ccc2s1. The molecule has 3 rings (SSSR count). The summed E-state index contributed by atoms with van der Waals surface area (Å²) in [5, 5.41) is 10.9. The second-order valence-electron chi connectivity index (χ2n) is 7.52. The van der Waals surface area contributed by atoms with Gasteiger partial charge in [0.25, 0.3) is 5.69 Å². The summed E-state index contributed by atoms with van der Waals surface area (Å²) in [7, 11) is 0. The lowest BCUT2D eigenvalue weighted by molar-refractivity contribution is -0.384. The van der Waals surface area contributed by atoms with Crippen molar-refractivity contribution in [3.63, 3.8) is 0 Å². The van der Waals surface area contributed by atoms with Crippen LogP contribution in [0.1, 0.15) is 40.0 Å². The van der Waals surface area contributed by atoms with Gasteiger partial charge in [0, 0.05) is 30.5 Å². The van der Waals surface area contributed by atoms with Gasteiger partial charge in [0.2, 0.25) is 0 Å². The Morgan fingerprint density at radius 1 is 1.44 bits per heavy atom. The molecule has 1 atom stereocenters. The fraction of sp³-hybridized carbons (Fsp3) is 0.556. The van der Waals surface area contributed by atoms with Crippen molar-refractivity contribution in [1.82, 2.24) is 9.88 Å². The van der Waals surface area contributed by atoms with Crippen LogP contribution in [-0.4, -0.2) is 44.8 Å². The number of likely N-dealkylation sites (tertiary alicyclic amines) is 1. The summed E-state index contributed by atoms with van der Waals surface area (Å²) in [5.41, 5.74) is 0.186. The van der Waals surface area contributed by atoms with Crippen molar-refractivity contribution in [2.45, 2.75) is 56.0 Å². The van der Waals surface area contributed by atoms with E-state index in [4.69, 9.17) is 4.74 Å². The quantitative estimate of drug-likeness (QED) is 0.397. The lowest BCUT2D eigenvalue weighted by Crippen LogP contribution is -2.47. The summed E-state index contributed by atoms with van der Waals surface area (Å²) >= 11 is 3.11. The number of non-ortho nitro benzene ring substituents is 1. The molecule has 0 aliphatic carbocycles. The molecule has 1 aliphatic rings. The molecule has 2 heterocycles. The monoisotopic (exact) mass is 409 g/mol. The van der Waals surface area contributed by atoms with E-state index in [1.807, 2.05) is 25.7 Å². The molecule has 7 nitrogen and oxygen atoms in total. The normalized spacial score (nSPS) is 17.9. The Bertz CT molecular complexity index is 847. The standard InChI is InChI=1S/C18H23N3O4S2/c1-18(2,3)25-17(22)20-9-5-4-6-13(20)11-26-16-19-14-10-12(21(23)24)7-8-15(14)27-16/h7-8,10,13H,4-6,9,11H2,1-3H3/t13-/m0/s1. The van der Waals surface area contributed by atoms with Gasteiger partial charge in [-0.15, -0.1) is 11.3 Å². The van der Waals surface area contributed by atoms with E-state index < -0.39 is 10.5 Å². The molecule has 9 heteroatoms. The lowest BCUT2D eigenvalue weighted by atomic mass is 10.0. The van der Waals surface area contributed by atoms with Gasteiger partial charge in [-0.3, -0.25) is 10.1 Å². The van der Waals surface area contributed by atoms with Gasteiger partial charge in [0.1, 0.15) is 5.60 Å². The first kappa shape index (κ1) is 19.9. The summed E-state index contributed by atoms with van der Waals surface area (Å²) in [6.45, 7) is 6.34. The van der Waals surface area contributed by atoms with E-state index in [1.165, 1.54) is 23.5 Å². The smallest absolute Gasteiger partial charge is 0.410 e. The van der Waals surface area contributed by atoms with E-state index in [0.29, 0.717) is 12.1 Å². The van der Waals surface area contributed by atoms with Crippen LogP contribution in [0.3, 0.4) is 0 Å². The predicted octanol–water partition coefficient (Wildman–Crippen LogP) is 5.09. The Hall–Kier alpha value is -1.87. The molecule has 0 radical (unpaired) electrons. The fourth-order valence-electron chi connectivity index (χ4n) is 2.97. The molecular weight excluding hydrogens is 386 g/mol. The maximum atomic E-state index is 12.5. The average Bonchev–Trinajstić information content (AvgIpc) is 3.00. The molecule has 1 aliphatic heterocycles. The number of thiazole rings is 1. The number of carbonyl (C=O) groups is 1. The third-order valence-corrected chi connectivity index (χ3v) is 6.54. The molecule has 146 valence electrons. The number of carbonyl (C=O) groups excluding carboxylic acids is 1. The summed E-state index contributed by atoms with van der Waals surface area (Å²) in [6, 6.07) is 4.85. The Kier molecular flexibility index (Phi) is 5.90. The Morgan fingerprint density at radius 2 is 2.22 bits per heavy atom. The Balaban J connectivity index is 1.67. The van der Waals surface area contributed by atoms with Gasteiger partial charge in [-0.2, -0.15) is 0 Å². The second kappa shape index (κ2) is 8.02. The van der Waals surface area contributed by atoms with E-state index in [9.17, 15) is 14.9 Å². The Morgan fingerprint density at radius 3 is 2.93 bits per heavy atom. The van der Waals surface area contributed by atoms with E-state index in [1.54, 1.807) is 17.8 Å². The molecule has 1 aromatic heterocycles. The van der Waals surface area contributed by atoms with Crippen LogP contribution in [0.4, 0.5) is 10.5 Å². The summed E-state index contributed by atoms with van der Waals surface area (Å²) in [6.07, 6.45) is 2.78. The minimum atomic E-state index is -0.506. The first-order valence-electron chi connectivity index (χ1n) is 8.90. The molecule has 1 amide bonds. The highest BCUT2D eigenvalue weighted by Gasteiger charge is 2.30. The molecule has 1 aromatic carbocycles. The number of amides is 1. The maximum Gasteiger partial charge on any atom is 0.410 e. The number of thioether (sulfide) groups is 1. The lowest BCUT2D eigenvalue weighted by Gasteiger charge is -2.36. The van der Waals surface area contributed by atoms with Crippen LogP contribution in [0.5, 0.6) is 0 Å². The van der Waals surface area contributed by atoms with Crippen molar-refractivity contribution in [2.75, 3.05) is 12.3 Å². The van der Waals surface area contributed by atoms with Crippen molar-refractivity contribution in [3.05, 3.63) is 28.3 Å². The van der Waals surface area contributed by atoms with Crippen molar-refractivity contribution in [3.8, 4) is 0 Å². The first-order chi connectivity index (χ1) is 12.7. The number of fused-ring (bicyclic) bond motifs is 1. The number of hydrogen-bond acceptors (Lipinski definition) is 7. The second-order valence-corrected chi connectivity index (χ2v) is 9.82. The zero-order valence-corrected chi connectivity index (χ0v) is 17.3. The first-order valence-corrected chi connectivity index (χ1v) is 10.7. The minimum absolute atomic E-state index is 0.0488. The summed E-state index contributed by atoms with van der Waals surface area (Å²) in [4.78, 5) is 29.3. The van der Waals surface area contributed by atoms with Crippen LogP contribution in [-0.2, 0) is 4.74 Å². The zero-order chi connectivity index (χ0) is 19.6. The zero-order valence-electron chi connectivity index (χ0n) is 15.6. The molecule has 0 unspecified atom stereocenters.